The van der Waals surface area contributed by atoms with E-state index in [2.05, 4.69) is 0 Å². The van der Waals surface area contributed by atoms with E-state index in [0.717, 1.165) is 0 Å². The number of phenols is 1. The number of fused-ring (bicyclic) bond motifs is 3. The summed E-state index contributed by atoms with van der Waals surface area (Å²) in [7, 11) is 3.09. The second kappa shape index (κ2) is 8.86. The van der Waals surface area contributed by atoms with Gasteiger partial charge in [0.1, 0.15) is 22.8 Å². The third-order valence-corrected chi connectivity index (χ3v) is 7.57. The molecule has 1 saturated carbocycles. The number of ketones is 3. The number of primary amides is 1. The SMILES string of the molecule is C.CCc1cc(C(C)=O)c(O)c2c1C[C@H]1C[C@H]3[C@H](N(C)C)C(=O)C(C(N)=O)=C(O)[C@@]3(O)C(=O)C1=C2O. The molecule has 0 heterocycles. The first-order valence-corrected chi connectivity index (χ1v) is 11.3. The minimum Gasteiger partial charge on any atom is -0.508 e. The summed E-state index contributed by atoms with van der Waals surface area (Å²) in [5, 5.41) is 44.5. The zero-order valence-corrected chi connectivity index (χ0v) is 19.9. The summed E-state index contributed by atoms with van der Waals surface area (Å²) in [4.78, 5) is 52.4. The van der Waals surface area contributed by atoms with Crippen molar-refractivity contribution in [2.45, 2.75) is 52.2 Å². The molecule has 0 bridgehead atoms. The number of hydrogen-bond acceptors (Lipinski definition) is 9. The Bertz CT molecular complexity index is 1270. The normalized spacial score (nSPS) is 27.3. The molecule has 36 heavy (non-hydrogen) atoms. The zero-order chi connectivity index (χ0) is 26.1. The Morgan fingerprint density at radius 1 is 1.19 bits per heavy atom. The average molecular weight is 501 g/mol. The maximum Gasteiger partial charge on any atom is 0.255 e. The second-order valence-electron chi connectivity index (χ2n) is 9.66. The lowest BCUT2D eigenvalue weighted by molar-refractivity contribution is -0.153. The molecule has 10 nitrogen and oxygen atoms in total. The molecule has 1 amide bonds. The van der Waals surface area contributed by atoms with Crippen molar-refractivity contribution < 1.29 is 39.6 Å². The Kier molecular flexibility index (Phi) is 6.67. The maximum atomic E-state index is 13.8. The molecule has 10 heteroatoms. The predicted octanol–water partition coefficient (Wildman–Crippen LogP) is 1.37. The van der Waals surface area contributed by atoms with Crippen LogP contribution in [0.4, 0.5) is 0 Å². The van der Waals surface area contributed by atoms with Crippen molar-refractivity contribution in [1.29, 1.82) is 0 Å². The molecule has 0 aliphatic heterocycles. The van der Waals surface area contributed by atoms with Gasteiger partial charge >= 0.3 is 0 Å². The van der Waals surface area contributed by atoms with Crippen molar-refractivity contribution in [2.75, 3.05) is 14.1 Å². The smallest absolute Gasteiger partial charge is 0.255 e. The van der Waals surface area contributed by atoms with Gasteiger partial charge in [0.25, 0.3) is 5.91 Å². The van der Waals surface area contributed by atoms with Crippen LogP contribution in [0.15, 0.2) is 23.0 Å². The van der Waals surface area contributed by atoms with Gasteiger partial charge in [0.05, 0.1) is 17.2 Å². The molecular formula is C26H32N2O8. The molecule has 1 aromatic carbocycles. The number of aromatic hydroxyl groups is 1. The highest BCUT2D eigenvalue weighted by Crippen LogP contribution is 2.53. The highest BCUT2D eigenvalue weighted by atomic mass is 16.3. The van der Waals surface area contributed by atoms with Crippen molar-refractivity contribution in [3.63, 3.8) is 0 Å². The molecule has 0 aromatic heterocycles. The van der Waals surface area contributed by atoms with Crippen LogP contribution in [0, 0.1) is 11.8 Å². The van der Waals surface area contributed by atoms with Gasteiger partial charge in [0, 0.05) is 11.5 Å². The summed E-state index contributed by atoms with van der Waals surface area (Å²) in [6.45, 7) is 3.12. The number of carbonyl (C=O) groups excluding carboxylic acids is 4. The van der Waals surface area contributed by atoms with E-state index >= 15 is 0 Å². The summed E-state index contributed by atoms with van der Waals surface area (Å²) in [6.07, 6.45) is 0.706. The van der Waals surface area contributed by atoms with Crippen LogP contribution in [0.1, 0.15) is 54.7 Å². The first kappa shape index (κ1) is 27.1. The molecule has 0 radical (unpaired) electrons. The van der Waals surface area contributed by atoms with Gasteiger partial charge in [-0.1, -0.05) is 14.4 Å². The fourth-order valence-electron chi connectivity index (χ4n) is 5.97. The zero-order valence-electron chi connectivity index (χ0n) is 19.9. The predicted molar refractivity (Wildman–Crippen MR) is 130 cm³/mol. The van der Waals surface area contributed by atoms with Crippen LogP contribution in [0.2, 0.25) is 0 Å². The molecule has 6 N–H and O–H groups in total. The summed E-state index contributed by atoms with van der Waals surface area (Å²) in [5.74, 6) is -7.58. The van der Waals surface area contributed by atoms with Crippen molar-refractivity contribution >= 4 is 29.0 Å². The van der Waals surface area contributed by atoms with Gasteiger partial charge in [-0.05, 0) is 63.4 Å². The molecule has 0 spiro atoms. The third-order valence-electron chi connectivity index (χ3n) is 7.57. The maximum absolute atomic E-state index is 13.8. The van der Waals surface area contributed by atoms with E-state index < -0.39 is 69.6 Å². The highest BCUT2D eigenvalue weighted by molar-refractivity contribution is 6.24. The van der Waals surface area contributed by atoms with E-state index in [1.54, 1.807) is 20.2 Å². The molecule has 3 aliphatic rings. The number of rotatable bonds is 4. The lowest BCUT2D eigenvalue weighted by atomic mass is 9.57. The van der Waals surface area contributed by atoms with Gasteiger partial charge < -0.3 is 26.2 Å². The quantitative estimate of drug-likeness (QED) is 0.301. The Morgan fingerprint density at radius 2 is 1.81 bits per heavy atom. The first-order chi connectivity index (χ1) is 16.3. The van der Waals surface area contributed by atoms with Gasteiger partial charge in [-0.3, -0.25) is 24.1 Å². The number of phenolic OH excluding ortho intramolecular Hbond substituents is 1. The number of aryl methyl sites for hydroxylation is 1. The van der Waals surface area contributed by atoms with Crippen molar-refractivity contribution in [3.05, 3.63) is 45.2 Å². The van der Waals surface area contributed by atoms with Gasteiger partial charge in [-0.2, -0.15) is 0 Å². The Morgan fingerprint density at radius 3 is 2.31 bits per heavy atom. The Hall–Kier alpha value is -3.50. The minimum absolute atomic E-state index is 0. The van der Waals surface area contributed by atoms with E-state index in [4.69, 9.17) is 5.73 Å². The van der Waals surface area contributed by atoms with Gasteiger partial charge in [-0.25, -0.2) is 0 Å². The van der Waals surface area contributed by atoms with E-state index in [9.17, 15) is 39.6 Å². The number of aliphatic hydroxyl groups excluding tert-OH is 2. The molecule has 4 rings (SSSR count). The minimum atomic E-state index is -2.69. The first-order valence-electron chi connectivity index (χ1n) is 11.3. The molecule has 1 fully saturated rings. The number of hydrogen-bond donors (Lipinski definition) is 5. The topological polar surface area (TPSA) is 178 Å². The summed E-state index contributed by atoms with van der Waals surface area (Å²) < 4.78 is 0. The monoisotopic (exact) mass is 500 g/mol. The van der Waals surface area contributed by atoms with Gasteiger partial charge in [-0.15, -0.1) is 0 Å². The van der Waals surface area contributed by atoms with Crippen molar-refractivity contribution in [3.8, 4) is 5.75 Å². The number of nitrogens with zero attached hydrogens (tertiary/aromatic N) is 1. The lowest BCUT2D eigenvalue weighted by Gasteiger charge is -2.50. The summed E-state index contributed by atoms with van der Waals surface area (Å²) >= 11 is 0. The van der Waals surface area contributed by atoms with Crippen LogP contribution in [-0.4, -0.2) is 74.3 Å². The number of benzene rings is 1. The number of likely N-dealkylation sites (N-methyl/N-ethyl adjacent to an activating group) is 1. The lowest BCUT2D eigenvalue weighted by Crippen LogP contribution is -2.65. The summed E-state index contributed by atoms with van der Waals surface area (Å²) in [5.41, 5.74) is 2.73. The summed E-state index contributed by atoms with van der Waals surface area (Å²) in [6, 6.07) is 0.433. The largest absolute Gasteiger partial charge is 0.508 e. The highest BCUT2D eigenvalue weighted by Gasteiger charge is 2.64. The molecule has 3 aliphatic carbocycles. The van der Waals surface area contributed by atoms with Gasteiger partial charge in [0.2, 0.25) is 5.78 Å². The molecule has 4 atom stereocenters. The molecule has 1 aromatic rings. The number of carbonyl (C=O) groups is 4. The number of nitrogens with two attached hydrogens (primary N) is 1. The van der Waals surface area contributed by atoms with Crippen LogP contribution < -0.4 is 5.73 Å². The number of Topliss-reactive ketones (excluding diaryl/α,β-unsaturated/α-hetero) is 3. The molecule has 194 valence electrons. The number of amides is 1. The van der Waals surface area contributed by atoms with Crippen LogP contribution in [-0.2, 0) is 27.2 Å². The van der Waals surface area contributed by atoms with E-state index in [1.807, 2.05) is 6.92 Å². The van der Waals surface area contributed by atoms with Crippen LogP contribution in [0.25, 0.3) is 5.76 Å². The molecular weight excluding hydrogens is 468 g/mol. The van der Waals surface area contributed by atoms with Gasteiger partial charge in [0.15, 0.2) is 17.2 Å². The standard InChI is InChI=1S/C25H28N2O8.CH4/c1-5-10-6-12(9(2)28)19(29)16-13(10)7-11-8-14-18(27(3)4)21(31)17(24(26)34)23(33)25(14,35)22(32)15(11)20(16)30;/h6,11,14,18,29-30,33,35H,5,7-8H2,1-4H3,(H2,26,34);1H4/t11-,14-,18-,25-;/m0./s1. The fourth-order valence-corrected chi connectivity index (χ4v) is 5.97. The van der Waals surface area contributed by atoms with Crippen molar-refractivity contribution in [2.24, 2.45) is 17.6 Å². The van der Waals surface area contributed by atoms with E-state index in [-0.39, 0.29) is 37.0 Å². The Labute approximate surface area is 208 Å². The van der Waals surface area contributed by atoms with Crippen LogP contribution >= 0.6 is 0 Å². The Balaban J connectivity index is 0.00000361. The van der Waals surface area contributed by atoms with E-state index in [0.29, 0.717) is 17.5 Å². The molecule has 0 unspecified atom stereocenters. The van der Waals surface area contributed by atoms with E-state index in [1.165, 1.54) is 11.8 Å². The number of aliphatic hydroxyl groups is 3. The fraction of sp³-hybridized carbons (Fsp3) is 0.462. The third kappa shape index (κ3) is 3.39. The van der Waals surface area contributed by atoms with Crippen LogP contribution in [0.5, 0.6) is 5.75 Å². The average Bonchev–Trinajstić information content (AvgIpc) is 2.75. The molecule has 0 saturated heterocycles. The second-order valence-corrected chi connectivity index (χ2v) is 9.66. The van der Waals surface area contributed by atoms with Crippen LogP contribution in [0.3, 0.4) is 0 Å². The van der Waals surface area contributed by atoms with Crippen molar-refractivity contribution in [1.82, 2.24) is 4.90 Å².